The van der Waals surface area contributed by atoms with Crippen LogP contribution >= 0.6 is 11.8 Å². The first-order chi connectivity index (χ1) is 7.65. The number of nitrogens with two attached hydrogens (primary N) is 1. The molecule has 5 nitrogen and oxygen atoms in total. The predicted octanol–water partition coefficient (Wildman–Crippen LogP) is 0.197. The summed E-state index contributed by atoms with van der Waals surface area (Å²) in [5.41, 5.74) is 5.80. The zero-order chi connectivity index (χ0) is 11.5. The van der Waals surface area contributed by atoms with E-state index in [-0.39, 0.29) is 29.3 Å². The second kappa shape index (κ2) is 5.05. The van der Waals surface area contributed by atoms with Crippen molar-refractivity contribution in [2.24, 2.45) is 5.73 Å². The molecule has 1 atom stereocenters. The van der Waals surface area contributed by atoms with Crippen LogP contribution in [0.25, 0.3) is 0 Å². The number of amides is 2. The van der Waals surface area contributed by atoms with E-state index in [0.29, 0.717) is 5.75 Å². The summed E-state index contributed by atoms with van der Waals surface area (Å²) in [6.45, 7) is 0. The largest absolute Gasteiger partial charge is 0.352 e. The van der Waals surface area contributed by atoms with Gasteiger partial charge in [0.2, 0.25) is 5.91 Å². The Morgan fingerprint density at radius 3 is 2.62 bits per heavy atom. The summed E-state index contributed by atoms with van der Waals surface area (Å²) >= 11 is 1.17. The second-order valence-electron chi connectivity index (χ2n) is 4.42. The maximum Gasteiger partial charge on any atom is 0.279 e. The summed E-state index contributed by atoms with van der Waals surface area (Å²) in [6, 6.07) is 0.165. The molecule has 0 aromatic rings. The quantitative estimate of drug-likeness (QED) is 0.647. The second-order valence-corrected chi connectivity index (χ2v) is 5.41. The van der Waals surface area contributed by atoms with Gasteiger partial charge in [0.1, 0.15) is 6.04 Å². The molecule has 0 radical (unpaired) electrons. The van der Waals surface area contributed by atoms with E-state index >= 15 is 0 Å². The highest BCUT2D eigenvalue weighted by Gasteiger charge is 2.30. The molecule has 2 amide bonds. The number of hydrogen-bond donors (Lipinski definition) is 3. The Kier molecular flexibility index (Phi) is 3.70. The smallest absolute Gasteiger partial charge is 0.279 e. The topological polar surface area (TPSA) is 84.2 Å². The minimum absolute atomic E-state index is 0.0566. The molecule has 0 aromatic heterocycles. The van der Waals surface area contributed by atoms with Crippen LogP contribution in [0.15, 0.2) is 0 Å². The summed E-state index contributed by atoms with van der Waals surface area (Å²) in [5.74, 6) is 0.482. The molecule has 1 saturated heterocycles. The third kappa shape index (κ3) is 2.89. The van der Waals surface area contributed by atoms with Gasteiger partial charge in [0.25, 0.3) is 5.24 Å². The van der Waals surface area contributed by atoms with Crippen molar-refractivity contribution in [3.05, 3.63) is 0 Å². The van der Waals surface area contributed by atoms with Gasteiger partial charge in [-0.25, -0.2) is 0 Å². The van der Waals surface area contributed by atoms with Gasteiger partial charge in [0.05, 0.1) is 0 Å². The third-order valence-electron chi connectivity index (χ3n) is 3.11. The Hall–Kier alpha value is -0.750. The fourth-order valence-electron chi connectivity index (χ4n) is 2.09. The molecule has 1 aliphatic heterocycles. The average molecular weight is 243 g/mol. The Morgan fingerprint density at radius 2 is 2.06 bits per heavy atom. The lowest BCUT2D eigenvalue weighted by atomic mass is 9.92. The number of carbonyl (C=O) groups is 2. The van der Waals surface area contributed by atoms with Gasteiger partial charge in [0, 0.05) is 17.8 Å². The van der Waals surface area contributed by atoms with E-state index in [9.17, 15) is 9.59 Å². The minimum Gasteiger partial charge on any atom is -0.352 e. The molecular formula is C10H17N3O2S. The van der Waals surface area contributed by atoms with E-state index in [0.717, 1.165) is 25.7 Å². The van der Waals surface area contributed by atoms with Gasteiger partial charge in [0.15, 0.2) is 0 Å². The molecule has 2 aliphatic rings. The maximum absolute atomic E-state index is 11.8. The van der Waals surface area contributed by atoms with Crippen molar-refractivity contribution in [1.82, 2.24) is 10.6 Å². The molecule has 1 saturated carbocycles. The van der Waals surface area contributed by atoms with Gasteiger partial charge in [-0.2, -0.15) is 0 Å². The van der Waals surface area contributed by atoms with Crippen LogP contribution in [0, 0.1) is 0 Å². The zero-order valence-electron chi connectivity index (χ0n) is 9.07. The Morgan fingerprint density at radius 1 is 1.38 bits per heavy atom. The SMILES string of the molecule is NC1CCC(NC(=O)[C@@H]2CSC(=O)N2)CC1. The summed E-state index contributed by atoms with van der Waals surface area (Å²) < 4.78 is 0. The zero-order valence-corrected chi connectivity index (χ0v) is 9.89. The van der Waals surface area contributed by atoms with Crippen LogP contribution in [0.2, 0.25) is 0 Å². The lowest BCUT2D eigenvalue weighted by Crippen LogP contribution is -2.48. The van der Waals surface area contributed by atoms with Crippen LogP contribution in [-0.2, 0) is 4.79 Å². The summed E-state index contributed by atoms with van der Waals surface area (Å²) in [7, 11) is 0. The van der Waals surface area contributed by atoms with E-state index < -0.39 is 0 Å². The molecule has 1 heterocycles. The van der Waals surface area contributed by atoms with Crippen molar-refractivity contribution in [2.45, 2.75) is 43.8 Å². The van der Waals surface area contributed by atoms with Crippen molar-refractivity contribution < 1.29 is 9.59 Å². The highest BCUT2D eigenvalue weighted by Crippen LogP contribution is 2.18. The molecule has 2 rings (SSSR count). The Labute approximate surface area is 98.9 Å². The Balaban J connectivity index is 1.77. The van der Waals surface area contributed by atoms with Crippen LogP contribution in [-0.4, -0.2) is 35.0 Å². The van der Waals surface area contributed by atoms with Crippen molar-refractivity contribution in [3.8, 4) is 0 Å². The highest BCUT2D eigenvalue weighted by molar-refractivity contribution is 8.14. The first kappa shape index (κ1) is 11.7. The molecule has 0 unspecified atom stereocenters. The molecule has 4 N–H and O–H groups in total. The number of nitrogens with one attached hydrogen (secondary N) is 2. The number of hydrogen-bond acceptors (Lipinski definition) is 4. The third-order valence-corrected chi connectivity index (χ3v) is 3.99. The molecule has 2 fully saturated rings. The normalized spacial score (nSPS) is 34.6. The van der Waals surface area contributed by atoms with Gasteiger partial charge < -0.3 is 16.4 Å². The van der Waals surface area contributed by atoms with E-state index in [4.69, 9.17) is 5.73 Å². The lowest BCUT2D eigenvalue weighted by molar-refractivity contribution is -0.123. The average Bonchev–Trinajstić information content (AvgIpc) is 2.68. The van der Waals surface area contributed by atoms with Crippen molar-refractivity contribution in [1.29, 1.82) is 0 Å². The van der Waals surface area contributed by atoms with Gasteiger partial charge in [-0.1, -0.05) is 11.8 Å². The lowest BCUT2D eigenvalue weighted by Gasteiger charge is -2.27. The van der Waals surface area contributed by atoms with Gasteiger partial charge in [-0.15, -0.1) is 0 Å². The molecule has 1 aliphatic carbocycles. The van der Waals surface area contributed by atoms with E-state index in [2.05, 4.69) is 10.6 Å². The van der Waals surface area contributed by atoms with Crippen molar-refractivity contribution in [3.63, 3.8) is 0 Å². The molecule has 0 spiro atoms. The maximum atomic E-state index is 11.8. The molecule has 90 valence electrons. The Bertz CT molecular complexity index is 290. The summed E-state index contributed by atoms with van der Waals surface area (Å²) in [4.78, 5) is 22.7. The van der Waals surface area contributed by atoms with Crippen LogP contribution in [0.4, 0.5) is 4.79 Å². The van der Waals surface area contributed by atoms with Gasteiger partial charge in [-0.3, -0.25) is 9.59 Å². The van der Waals surface area contributed by atoms with Crippen LogP contribution in [0.1, 0.15) is 25.7 Å². The van der Waals surface area contributed by atoms with Crippen molar-refractivity contribution >= 4 is 22.9 Å². The van der Waals surface area contributed by atoms with Gasteiger partial charge in [-0.05, 0) is 25.7 Å². The van der Waals surface area contributed by atoms with Crippen LogP contribution in [0.3, 0.4) is 0 Å². The number of rotatable bonds is 2. The molecule has 0 bridgehead atoms. The van der Waals surface area contributed by atoms with E-state index in [1.54, 1.807) is 0 Å². The first-order valence-corrected chi connectivity index (χ1v) is 6.63. The summed E-state index contributed by atoms with van der Waals surface area (Å²) in [6.07, 6.45) is 3.83. The minimum atomic E-state index is -0.354. The molecular weight excluding hydrogens is 226 g/mol. The van der Waals surface area contributed by atoms with Gasteiger partial charge >= 0.3 is 0 Å². The monoisotopic (exact) mass is 243 g/mol. The van der Waals surface area contributed by atoms with E-state index in [1.165, 1.54) is 11.8 Å². The number of carbonyl (C=O) groups excluding carboxylic acids is 2. The van der Waals surface area contributed by atoms with Crippen LogP contribution in [0.5, 0.6) is 0 Å². The fraction of sp³-hybridized carbons (Fsp3) is 0.800. The number of thioether (sulfide) groups is 1. The van der Waals surface area contributed by atoms with Crippen LogP contribution < -0.4 is 16.4 Å². The molecule has 16 heavy (non-hydrogen) atoms. The van der Waals surface area contributed by atoms with E-state index in [1.807, 2.05) is 0 Å². The fourth-order valence-corrected chi connectivity index (χ4v) is 2.87. The molecule has 6 heteroatoms. The molecule has 0 aromatic carbocycles. The van der Waals surface area contributed by atoms with Crippen molar-refractivity contribution in [2.75, 3.05) is 5.75 Å². The first-order valence-electron chi connectivity index (χ1n) is 5.64. The predicted molar refractivity (Wildman–Crippen MR) is 63.2 cm³/mol. The highest BCUT2D eigenvalue weighted by atomic mass is 32.2. The summed E-state index contributed by atoms with van der Waals surface area (Å²) in [5, 5.41) is 5.51. The standard InChI is InChI=1S/C10H17N3O2S/c11-6-1-3-7(4-2-6)12-9(14)8-5-16-10(15)13-8/h6-8H,1-5,11H2,(H,12,14)(H,13,15)/t6?,7?,8-/m0/s1.